The Morgan fingerprint density at radius 2 is 1.59 bits per heavy atom. The monoisotopic (exact) mass is 390 g/mol. The van der Waals surface area contributed by atoms with E-state index in [2.05, 4.69) is 10.6 Å². The molecule has 0 saturated heterocycles. The molecular formula is C23H22N2O4. The number of benzene rings is 3. The van der Waals surface area contributed by atoms with Crippen molar-refractivity contribution in [2.75, 3.05) is 24.5 Å². The normalized spacial score (nSPS) is 11.8. The molecule has 3 aromatic rings. The van der Waals surface area contributed by atoms with Gasteiger partial charge in [0, 0.05) is 17.9 Å². The lowest BCUT2D eigenvalue weighted by Gasteiger charge is -2.10. The maximum atomic E-state index is 12.2. The second kappa shape index (κ2) is 8.56. The number of methoxy groups -OCH3 is 1. The van der Waals surface area contributed by atoms with Crippen LogP contribution in [0.2, 0.25) is 0 Å². The van der Waals surface area contributed by atoms with Crippen LogP contribution in [0.1, 0.15) is 11.1 Å². The van der Waals surface area contributed by atoms with Crippen molar-refractivity contribution in [3.8, 4) is 17.2 Å². The molecule has 3 aromatic carbocycles. The van der Waals surface area contributed by atoms with Crippen LogP contribution in [0.15, 0.2) is 66.7 Å². The minimum absolute atomic E-state index is 0.0590. The number of anilines is 2. The smallest absolute Gasteiger partial charge is 0.231 e. The molecule has 0 aliphatic carbocycles. The molecular weight excluding hydrogens is 368 g/mol. The highest BCUT2D eigenvalue weighted by Gasteiger charge is 2.13. The zero-order valence-corrected chi connectivity index (χ0v) is 16.1. The Morgan fingerprint density at radius 1 is 0.897 bits per heavy atom. The molecule has 0 spiro atoms. The van der Waals surface area contributed by atoms with E-state index < -0.39 is 0 Å². The minimum atomic E-state index is -0.0590. The Bertz CT molecular complexity index is 985. The zero-order valence-electron chi connectivity index (χ0n) is 16.1. The SMILES string of the molecule is COc1ccc(CC(=O)Nc2ccc(NCc3ccc4c(c3)OCO4)cc2)cc1. The summed E-state index contributed by atoms with van der Waals surface area (Å²) in [6.07, 6.45) is 0.314. The first kappa shape index (κ1) is 18.7. The minimum Gasteiger partial charge on any atom is -0.497 e. The largest absolute Gasteiger partial charge is 0.497 e. The molecule has 1 amide bonds. The van der Waals surface area contributed by atoms with Gasteiger partial charge in [-0.05, 0) is 59.7 Å². The van der Waals surface area contributed by atoms with E-state index in [1.807, 2.05) is 66.7 Å². The van der Waals surface area contributed by atoms with E-state index in [1.54, 1.807) is 7.11 Å². The topological polar surface area (TPSA) is 68.8 Å². The van der Waals surface area contributed by atoms with Crippen molar-refractivity contribution in [1.29, 1.82) is 0 Å². The van der Waals surface area contributed by atoms with Gasteiger partial charge in [-0.1, -0.05) is 18.2 Å². The molecule has 148 valence electrons. The van der Waals surface area contributed by atoms with Gasteiger partial charge in [0.25, 0.3) is 0 Å². The third-order valence-corrected chi connectivity index (χ3v) is 4.63. The molecule has 29 heavy (non-hydrogen) atoms. The van der Waals surface area contributed by atoms with Crippen LogP contribution in [0.5, 0.6) is 17.2 Å². The standard InChI is InChI=1S/C23H22N2O4/c1-27-20-9-2-16(3-10-20)13-23(26)25-19-7-5-18(6-8-19)24-14-17-4-11-21-22(12-17)29-15-28-21/h2-12,24H,13-15H2,1H3,(H,25,26). The summed E-state index contributed by atoms with van der Waals surface area (Å²) in [6, 6.07) is 21.0. The molecule has 0 atom stereocenters. The predicted octanol–water partition coefficient (Wildman–Crippen LogP) is 4.22. The first-order valence-corrected chi connectivity index (χ1v) is 9.35. The molecule has 1 heterocycles. The zero-order chi connectivity index (χ0) is 20.1. The number of fused-ring (bicyclic) bond motifs is 1. The van der Waals surface area contributed by atoms with Crippen molar-refractivity contribution in [1.82, 2.24) is 0 Å². The fourth-order valence-electron chi connectivity index (χ4n) is 3.06. The second-order valence-electron chi connectivity index (χ2n) is 6.69. The van der Waals surface area contributed by atoms with Gasteiger partial charge in [0.15, 0.2) is 11.5 Å². The number of amides is 1. The Morgan fingerprint density at radius 3 is 2.34 bits per heavy atom. The van der Waals surface area contributed by atoms with E-state index in [0.29, 0.717) is 13.0 Å². The fourth-order valence-corrected chi connectivity index (χ4v) is 3.06. The molecule has 4 rings (SSSR count). The molecule has 2 N–H and O–H groups in total. The van der Waals surface area contributed by atoms with E-state index in [0.717, 1.165) is 39.8 Å². The van der Waals surface area contributed by atoms with Crippen LogP contribution in [0, 0.1) is 0 Å². The van der Waals surface area contributed by atoms with Gasteiger partial charge in [-0.25, -0.2) is 0 Å². The Balaban J connectivity index is 1.28. The highest BCUT2D eigenvalue weighted by molar-refractivity contribution is 5.92. The van der Waals surface area contributed by atoms with Crippen LogP contribution in [0.25, 0.3) is 0 Å². The first-order valence-electron chi connectivity index (χ1n) is 9.35. The number of rotatable bonds is 7. The van der Waals surface area contributed by atoms with Crippen LogP contribution < -0.4 is 24.8 Å². The number of hydrogen-bond acceptors (Lipinski definition) is 5. The lowest BCUT2D eigenvalue weighted by molar-refractivity contribution is -0.115. The number of hydrogen-bond donors (Lipinski definition) is 2. The molecule has 6 heteroatoms. The maximum Gasteiger partial charge on any atom is 0.231 e. The third kappa shape index (κ3) is 4.79. The van der Waals surface area contributed by atoms with Crippen LogP contribution >= 0.6 is 0 Å². The summed E-state index contributed by atoms with van der Waals surface area (Å²) in [6.45, 7) is 0.942. The average Bonchev–Trinajstić information content (AvgIpc) is 3.22. The van der Waals surface area contributed by atoms with Crippen molar-refractivity contribution in [3.63, 3.8) is 0 Å². The molecule has 0 radical (unpaired) electrons. The molecule has 0 aromatic heterocycles. The summed E-state index contributed by atoms with van der Waals surface area (Å²) >= 11 is 0. The summed E-state index contributed by atoms with van der Waals surface area (Å²) in [7, 11) is 1.62. The fraction of sp³-hybridized carbons (Fsp3) is 0.174. The van der Waals surface area contributed by atoms with Gasteiger partial charge in [-0.2, -0.15) is 0 Å². The summed E-state index contributed by atoms with van der Waals surface area (Å²) in [5.41, 5.74) is 3.77. The second-order valence-corrected chi connectivity index (χ2v) is 6.69. The Kier molecular flexibility index (Phi) is 5.52. The van der Waals surface area contributed by atoms with Crippen molar-refractivity contribution >= 4 is 17.3 Å². The van der Waals surface area contributed by atoms with Gasteiger partial charge in [0.05, 0.1) is 13.5 Å². The highest BCUT2D eigenvalue weighted by Crippen LogP contribution is 2.32. The van der Waals surface area contributed by atoms with Crippen LogP contribution in [0.3, 0.4) is 0 Å². The number of carbonyl (C=O) groups excluding carboxylic acids is 1. The summed E-state index contributed by atoms with van der Waals surface area (Å²) in [5.74, 6) is 2.27. The molecule has 0 fully saturated rings. The molecule has 0 unspecified atom stereocenters. The quantitative estimate of drug-likeness (QED) is 0.632. The van der Waals surface area contributed by atoms with Crippen molar-refractivity contribution < 1.29 is 19.0 Å². The van der Waals surface area contributed by atoms with Gasteiger partial charge >= 0.3 is 0 Å². The maximum absolute atomic E-state index is 12.2. The van der Waals surface area contributed by atoms with Crippen LogP contribution in [0.4, 0.5) is 11.4 Å². The van der Waals surface area contributed by atoms with Crippen LogP contribution in [-0.4, -0.2) is 19.8 Å². The van der Waals surface area contributed by atoms with Gasteiger partial charge in [0.1, 0.15) is 5.75 Å². The summed E-state index contributed by atoms with van der Waals surface area (Å²) in [5, 5.41) is 6.28. The van der Waals surface area contributed by atoms with E-state index >= 15 is 0 Å². The van der Waals surface area contributed by atoms with E-state index in [1.165, 1.54) is 0 Å². The number of ether oxygens (including phenoxy) is 3. The number of nitrogens with one attached hydrogen (secondary N) is 2. The highest BCUT2D eigenvalue weighted by atomic mass is 16.7. The molecule has 1 aliphatic rings. The van der Waals surface area contributed by atoms with E-state index in [4.69, 9.17) is 14.2 Å². The van der Waals surface area contributed by atoms with Crippen molar-refractivity contribution in [2.45, 2.75) is 13.0 Å². The van der Waals surface area contributed by atoms with Crippen molar-refractivity contribution in [2.24, 2.45) is 0 Å². The Labute approximate surface area is 169 Å². The van der Waals surface area contributed by atoms with Gasteiger partial charge in [0.2, 0.25) is 12.7 Å². The average molecular weight is 390 g/mol. The van der Waals surface area contributed by atoms with Crippen molar-refractivity contribution in [3.05, 3.63) is 77.9 Å². The molecule has 0 saturated carbocycles. The van der Waals surface area contributed by atoms with Gasteiger partial charge < -0.3 is 24.8 Å². The summed E-state index contributed by atoms with van der Waals surface area (Å²) < 4.78 is 15.9. The van der Waals surface area contributed by atoms with Crippen LogP contribution in [-0.2, 0) is 17.8 Å². The Hall–Kier alpha value is -3.67. The third-order valence-electron chi connectivity index (χ3n) is 4.63. The number of carbonyl (C=O) groups is 1. The van der Waals surface area contributed by atoms with E-state index in [9.17, 15) is 4.79 Å². The first-order chi connectivity index (χ1) is 14.2. The predicted molar refractivity (Wildman–Crippen MR) is 112 cm³/mol. The van der Waals surface area contributed by atoms with E-state index in [-0.39, 0.29) is 12.7 Å². The molecule has 6 nitrogen and oxygen atoms in total. The lowest BCUT2D eigenvalue weighted by atomic mass is 10.1. The molecule has 1 aliphatic heterocycles. The van der Waals surface area contributed by atoms with Gasteiger partial charge in [-0.3, -0.25) is 4.79 Å². The van der Waals surface area contributed by atoms with Gasteiger partial charge in [-0.15, -0.1) is 0 Å². The lowest BCUT2D eigenvalue weighted by Crippen LogP contribution is -2.14. The summed E-state index contributed by atoms with van der Waals surface area (Å²) in [4.78, 5) is 12.2. The molecule has 0 bridgehead atoms.